The summed E-state index contributed by atoms with van der Waals surface area (Å²) in [6.07, 6.45) is 2.76. The quantitative estimate of drug-likeness (QED) is 0.624. The number of rotatable bonds is 1. The minimum Gasteiger partial charge on any atom is -0.338 e. The summed E-state index contributed by atoms with van der Waals surface area (Å²) in [6, 6.07) is 0.523. The summed E-state index contributed by atoms with van der Waals surface area (Å²) in [6.45, 7) is 2.97. The van der Waals surface area contributed by atoms with Crippen molar-refractivity contribution in [3.63, 3.8) is 0 Å². The van der Waals surface area contributed by atoms with Crippen LogP contribution in [0.25, 0.3) is 0 Å². The monoisotopic (exact) mass is 197 g/mol. The molecule has 2 aliphatic rings. The fraction of sp³-hybridized carbons (Fsp3) is 0.900. The summed E-state index contributed by atoms with van der Waals surface area (Å²) in [4.78, 5) is 15.9. The fourth-order valence-corrected chi connectivity index (χ4v) is 2.42. The molecule has 0 bridgehead atoms. The maximum atomic E-state index is 11.6. The third kappa shape index (κ3) is 1.91. The lowest BCUT2D eigenvalue weighted by Crippen LogP contribution is -2.45. The van der Waals surface area contributed by atoms with Crippen LogP contribution in [-0.4, -0.2) is 54.5 Å². The molecule has 1 amide bonds. The molecule has 1 unspecified atom stereocenters. The number of nitrogens with zero attached hydrogens (tertiary/aromatic N) is 2. The summed E-state index contributed by atoms with van der Waals surface area (Å²) in [5.41, 5.74) is 5.78. The van der Waals surface area contributed by atoms with Crippen molar-refractivity contribution in [3.8, 4) is 0 Å². The Morgan fingerprint density at radius 1 is 1.36 bits per heavy atom. The van der Waals surface area contributed by atoms with E-state index in [9.17, 15) is 4.79 Å². The van der Waals surface area contributed by atoms with Gasteiger partial charge in [-0.3, -0.25) is 4.79 Å². The lowest BCUT2D eigenvalue weighted by Gasteiger charge is -2.35. The summed E-state index contributed by atoms with van der Waals surface area (Å²) in [5, 5.41) is 0. The Morgan fingerprint density at radius 3 is 2.50 bits per heavy atom. The molecule has 4 nitrogen and oxygen atoms in total. The van der Waals surface area contributed by atoms with E-state index < -0.39 is 0 Å². The van der Waals surface area contributed by atoms with Gasteiger partial charge in [-0.2, -0.15) is 0 Å². The first kappa shape index (κ1) is 9.93. The predicted octanol–water partition coefficient (Wildman–Crippen LogP) is -0.360. The van der Waals surface area contributed by atoms with Crippen LogP contribution in [0.4, 0.5) is 0 Å². The molecule has 0 spiro atoms. The first-order valence-corrected chi connectivity index (χ1v) is 5.40. The first-order chi connectivity index (χ1) is 6.66. The van der Waals surface area contributed by atoms with Crippen LogP contribution in [-0.2, 0) is 4.79 Å². The largest absolute Gasteiger partial charge is 0.338 e. The highest BCUT2D eigenvalue weighted by Crippen LogP contribution is 2.20. The Labute approximate surface area is 85.0 Å². The number of nitrogens with two attached hydrogens (primary N) is 1. The molecule has 4 heteroatoms. The molecule has 2 fully saturated rings. The van der Waals surface area contributed by atoms with Crippen LogP contribution in [0.15, 0.2) is 0 Å². The predicted molar refractivity (Wildman–Crippen MR) is 54.8 cm³/mol. The second kappa shape index (κ2) is 3.87. The minimum absolute atomic E-state index is 0.0714. The average Bonchev–Trinajstić information content (AvgIpc) is 2.47. The van der Waals surface area contributed by atoms with Gasteiger partial charge in [0, 0.05) is 25.0 Å². The van der Waals surface area contributed by atoms with Crippen LogP contribution in [0.3, 0.4) is 0 Å². The first-order valence-electron chi connectivity index (χ1n) is 5.40. The van der Waals surface area contributed by atoms with Gasteiger partial charge in [0.25, 0.3) is 0 Å². The van der Waals surface area contributed by atoms with Crippen LogP contribution in [0.2, 0.25) is 0 Å². The van der Waals surface area contributed by atoms with Crippen LogP contribution in [0.1, 0.15) is 19.3 Å². The molecule has 0 radical (unpaired) electrons. The number of piperidine rings is 1. The van der Waals surface area contributed by atoms with Crippen molar-refractivity contribution >= 4 is 5.91 Å². The Morgan fingerprint density at radius 2 is 2.00 bits per heavy atom. The Bertz CT molecular complexity index is 223. The molecule has 0 aromatic heterocycles. The van der Waals surface area contributed by atoms with Crippen molar-refractivity contribution in [2.45, 2.75) is 31.3 Å². The van der Waals surface area contributed by atoms with E-state index in [1.165, 1.54) is 0 Å². The molecule has 14 heavy (non-hydrogen) atoms. The number of hydrogen-bond donors (Lipinski definition) is 1. The van der Waals surface area contributed by atoms with Crippen LogP contribution < -0.4 is 5.73 Å². The van der Waals surface area contributed by atoms with E-state index in [2.05, 4.69) is 11.9 Å². The zero-order valence-electron chi connectivity index (χ0n) is 8.78. The molecule has 2 rings (SSSR count). The zero-order valence-corrected chi connectivity index (χ0v) is 8.78. The van der Waals surface area contributed by atoms with Gasteiger partial charge in [-0.1, -0.05) is 0 Å². The highest BCUT2D eigenvalue weighted by Gasteiger charge is 2.33. The average molecular weight is 197 g/mol. The number of likely N-dealkylation sites (tertiary alicyclic amines) is 2. The molecular formula is C10H19N3O. The number of carbonyl (C=O) groups excluding carboxylic acids is 1. The molecule has 2 heterocycles. The van der Waals surface area contributed by atoms with E-state index in [4.69, 9.17) is 5.73 Å². The number of hydrogen-bond acceptors (Lipinski definition) is 3. The van der Waals surface area contributed by atoms with E-state index >= 15 is 0 Å². The van der Waals surface area contributed by atoms with E-state index in [0.29, 0.717) is 12.5 Å². The van der Waals surface area contributed by atoms with Crippen molar-refractivity contribution in [1.82, 2.24) is 9.80 Å². The SMILES string of the molecule is CN1CCC(N2CC(N)CC2=O)CC1. The molecular weight excluding hydrogens is 178 g/mol. The topological polar surface area (TPSA) is 49.6 Å². The van der Waals surface area contributed by atoms with Gasteiger partial charge in [0.1, 0.15) is 0 Å². The Hall–Kier alpha value is -0.610. The second-order valence-electron chi connectivity index (χ2n) is 4.54. The molecule has 0 aliphatic carbocycles. The van der Waals surface area contributed by atoms with Crippen molar-refractivity contribution in [1.29, 1.82) is 0 Å². The highest BCUT2D eigenvalue weighted by molar-refractivity contribution is 5.79. The molecule has 80 valence electrons. The van der Waals surface area contributed by atoms with Gasteiger partial charge in [-0.25, -0.2) is 0 Å². The normalized spacial score (nSPS) is 31.4. The van der Waals surface area contributed by atoms with Gasteiger partial charge in [0.2, 0.25) is 5.91 Å². The van der Waals surface area contributed by atoms with Gasteiger partial charge in [0.15, 0.2) is 0 Å². The van der Waals surface area contributed by atoms with Crippen LogP contribution in [0, 0.1) is 0 Å². The molecule has 0 saturated carbocycles. The van der Waals surface area contributed by atoms with Crippen LogP contribution in [0.5, 0.6) is 0 Å². The van der Waals surface area contributed by atoms with Gasteiger partial charge >= 0.3 is 0 Å². The van der Waals surface area contributed by atoms with Gasteiger partial charge in [-0.05, 0) is 33.0 Å². The lowest BCUT2D eigenvalue weighted by atomic mass is 10.0. The number of carbonyl (C=O) groups is 1. The molecule has 0 aromatic carbocycles. The molecule has 2 aliphatic heterocycles. The summed E-state index contributed by atoms with van der Waals surface area (Å²) >= 11 is 0. The fourth-order valence-electron chi connectivity index (χ4n) is 2.42. The van der Waals surface area contributed by atoms with Crippen LogP contribution >= 0.6 is 0 Å². The summed E-state index contributed by atoms with van der Waals surface area (Å²) in [5.74, 6) is 0.257. The molecule has 0 aromatic rings. The standard InChI is InChI=1S/C10H19N3O/c1-12-4-2-9(3-5-12)13-7-8(11)6-10(13)14/h8-9H,2-7,11H2,1H3. The molecule has 2 saturated heterocycles. The highest BCUT2D eigenvalue weighted by atomic mass is 16.2. The maximum Gasteiger partial charge on any atom is 0.224 e. The van der Waals surface area contributed by atoms with E-state index in [1.54, 1.807) is 0 Å². The van der Waals surface area contributed by atoms with E-state index in [1.807, 2.05) is 4.90 Å². The van der Waals surface area contributed by atoms with Crippen molar-refractivity contribution in [2.24, 2.45) is 5.73 Å². The lowest BCUT2D eigenvalue weighted by molar-refractivity contribution is -0.130. The van der Waals surface area contributed by atoms with Crippen molar-refractivity contribution in [3.05, 3.63) is 0 Å². The third-order valence-corrected chi connectivity index (χ3v) is 3.32. The smallest absolute Gasteiger partial charge is 0.224 e. The Balaban J connectivity index is 1.92. The number of amides is 1. The van der Waals surface area contributed by atoms with Gasteiger partial charge in [-0.15, -0.1) is 0 Å². The van der Waals surface area contributed by atoms with Gasteiger partial charge in [0.05, 0.1) is 0 Å². The van der Waals surface area contributed by atoms with E-state index in [-0.39, 0.29) is 11.9 Å². The molecule has 1 atom stereocenters. The zero-order chi connectivity index (χ0) is 10.1. The van der Waals surface area contributed by atoms with Crippen molar-refractivity contribution < 1.29 is 4.79 Å². The minimum atomic E-state index is 0.0714. The Kier molecular flexibility index (Phi) is 2.74. The second-order valence-corrected chi connectivity index (χ2v) is 4.54. The third-order valence-electron chi connectivity index (χ3n) is 3.32. The summed E-state index contributed by atoms with van der Waals surface area (Å²) < 4.78 is 0. The molecule has 2 N–H and O–H groups in total. The van der Waals surface area contributed by atoms with Gasteiger partial charge < -0.3 is 15.5 Å². The maximum absolute atomic E-state index is 11.6. The summed E-state index contributed by atoms with van der Waals surface area (Å²) in [7, 11) is 2.13. The van der Waals surface area contributed by atoms with Crippen molar-refractivity contribution in [2.75, 3.05) is 26.7 Å². The van der Waals surface area contributed by atoms with E-state index in [0.717, 1.165) is 32.5 Å².